The second-order valence-electron chi connectivity index (χ2n) is 7.18. The zero-order valence-electron chi connectivity index (χ0n) is 15.6. The molecule has 0 bridgehead atoms. The number of carbonyl (C=O) groups excluding carboxylic acids is 1. The van der Waals surface area contributed by atoms with Crippen LogP contribution in [0.5, 0.6) is 0 Å². The molecule has 28 heavy (non-hydrogen) atoms. The molecule has 0 spiro atoms. The van der Waals surface area contributed by atoms with E-state index < -0.39 is 0 Å². The second-order valence-corrected chi connectivity index (χ2v) is 7.18. The van der Waals surface area contributed by atoms with E-state index in [9.17, 15) is 9.90 Å². The van der Waals surface area contributed by atoms with Crippen molar-refractivity contribution in [2.75, 3.05) is 25.0 Å². The highest BCUT2D eigenvalue weighted by Crippen LogP contribution is 2.33. The van der Waals surface area contributed by atoms with Crippen molar-refractivity contribution in [3.8, 4) is 11.3 Å². The van der Waals surface area contributed by atoms with E-state index in [-0.39, 0.29) is 24.5 Å². The largest absolute Gasteiger partial charge is 0.396 e. The van der Waals surface area contributed by atoms with Crippen LogP contribution in [0.15, 0.2) is 66.9 Å². The molecule has 3 aromatic rings. The van der Waals surface area contributed by atoms with Gasteiger partial charge in [0.25, 0.3) is 0 Å². The summed E-state index contributed by atoms with van der Waals surface area (Å²) >= 11 is 0. The molecule has 144 valence electrons. The van der Waals surface area contributed by atoms with Crippen molar-refractivity contribution in [2.45, 2.75) is 12.3 Å². The van der Waals surface area contributed by atoms with E-state index in [0.29, 0.717) is 13.1 Å². The SMILES string of the molecule is O=C(Nc1cccc(-c2ccn[nH]2)c1)N1CC[C@@H](c2ccccc2)[C@@H](CO)C1. The molecule has 1 aromatic heterocycles. The van der Waals surface area contributed by atoms with Crippen molar-refractivity contribution in [3.63, 3.8) is 0 Å². The van der Waals surface area contributed by atoms with Crippen LogP contribution in [0.1, 0.15) is 17.9 Å². The lowest BCUT2D eigenvalue weighted by atomic mass is 9.81. The van der Waals surface area contributed by atoms with Gasteiger partial charge in [0.05, 0.1) is 5.69 Å². The third-order valence-electron chi connectivity index (χ3n) is 5.41. The number of aliphatic hydroxyl groups is 1. The highest BCUT2D eigenvalue weighted by atomic mass is 16.3. The maximum Gasteiger partial charge on any atom is 0.321 e. The molecule has 6 heteroatoms. The van der Waals surface area contributed by atoms with Crippen molar-refractivity contribution < 1.29 is 9.90 Å². The number of aromatic nitrogens is 2. The molecule has 0 aliphatic carbocycles. The lowest BCUT2D eigenvalue weighted by molar-refractivity contribution is 0.119. The number of H-pyrrole nitrogens is 1. The van der Waals surface area contributed by atoms with Gasteiger partial charge in [-0.1, -0.05) is 42.5 Å². The molecule has 0 radical (unpaired) electrons. The fourth-order valence-corrected chi connectivity index (χ4v) is 3.92. The van der Waals surface area contributed by atoms with Crippen molar-refractivity contribution in [2.24, 2.45) is 5.92 Å². The average molecular weight is 376 g/mol. The Labute approximate surface area is 164 Å². The van der Waals surface area contributed by atoms with Crippen LogP contribution in [0.3, 0.4) is 0 Å². The number of aromatic amines is 1. The van der Waals surface area contributed by atoms with Crippen molar-refractivity contribution in [1.29, 1.82) is 0 Å². The third-order valence-corrected chi connectivity index (χ3v) is 5.41. The number of piperidine rings is 1. The number of nitrogens with one attached hydrogen (secondary N) is 2. The molecular weight excluding hydrogens is 352 g/mol. The Morgan fingerprint density at radius 2 is 2.04 bits per heavy atom. The van der Waals surface area contributed by atoms with E-state index in [2.05, 4.69) is 27.6 Å². The Kier molecular flexibility index (Phi) is 5.39. The maximum atomic E-state index is 12.8. The lowest BCUT2D eigenvalue weighted by Crippen LogP contribution is -2.46. The first-order chi connectivity index (χ1) is 13.7. The summed E-state index contributed by atoms with van der Waals surface area (Å²) in [5.74, 6) is 0.317. The predicted molar refractivity (Wildman–Crippen MR) is 109 cm³/mol. The van der Waals surface area contributed by atoms with Crippen LogP contribution in [0.25, 0.3) is 11.3 Å². The van der Waals surface area contributed by atoms with E-state index in [1.807, 2.05) is 48.5 Å². The van der Waals surface area contributed by atoms with Crippen molar-refractivity contribution >= 4 is 11.7 Å². The molecule has 0 saturated carbocycles. The summed E-state index contributed by atoms with van der Waals surface area (Å²) in [5.41, 5.74) is 3.84. The lowest BCUT2D eigenvalue weighted by Gasteiger charge is -2.38. The Hall–Kier alpha value is -3.12. The smallest absolute Gasteiger partial charge is 0.321 e. The number of anilines is 1. The Bertz CT molecular complexity index is 911. The van der Waals surface area contributed by atoms with Crippen LogP contribution in [-0.4, -0.2) is 45.9 Å². The van der Waals surface area contributed by atoms with E-state index >= 15 is 0 Å². The normalized spacial score (nSPS) is 19.4. The molecule has 1 fully saturated rings. The van der Waals surface area contributed by atoms with E-state index in [1.165, 1.54) is 5.56 Å². The topological polar surface area (TPSA) is 81.2 Å². The predicted octanol–water partition coefficient (Wildman–Crippen LogP) is 3.71. The van der Waals surface area contributed by atoms with Gasteiger partial charge in [0.2, 0.25) is 0 Å². The molecule has 4 rings (SSSR count). The summed E-state index contributed by atoms with van der Waals surface area (Å²) in [7, 11) is 0. The van der Waals surface area contributed by atoms with E-state index in [0.717, 1.165) is 23.4 Å². The van der Waals surface area contributed by atoms with E-state index in [1.54, 1.807) is 11.1 Å². The number of nitrogens with zero attached hydrogens (tertiary/aromatic N) is 2. The minimum absolute atomic E-state index is 0.0400. The zero-order chi connectivity index (χ0) is 19.3. The molecule has 0 unspecified atom stereocenters. The van der Waals surface area contributed by atoms with Gasteiger partial charge in [-0.25, -0.2) is 4.79 Å². The van der Waals surface area contributed by atoms with Gasteiger partial charge in [-0.15, -0.1) is 0 Å². The molecule has 1 aliphatic heterocycles. The van der Waals surface area contributed by atoms with Gasteiger partial charge in [0.15, 0.2) is 0 Å². The Morgan fingerprint density at radius 1 is 1.18 bits per heavy atom. The summed E-state index contributed by atoms with van der Waals surface area (Å²) in [4.78, 5) is 14.6. The van der Waals surface area contributed by atoms with Crippen LogP contribution in [-0.2, 0) is 0 Å². The van der Waals surface area contributed by atoms with Gasteiger partial charge in [0, 0.05) is 43.1 Å². The number of aliphatic hydroxyl groups excluding tert-OH is 1. The molecule has 2 atom stereocenters. The Balaban J connectivity index is 1.43. The molecule has 2 heterocycles. The first-order valence-corrected chi connectivity index (χ1v) is 9.56. The third kappa shape index (κ3) is 3.92. The van der Waals surface area contributed by atoms with Crippen LogP contribution < -0.4 is 5.32 Å². The van der Waals surface area contributed by atoms with Crippen molar-refractivity contribution in [1.82, 2.24) is 15.1 Å². The van der Waals surface area contributed by atoms with Crippen LogP contribution in [0.2, 0.25) is 0 Å². The van der Waals surface area contributed by atoms with E-state index in [4.69, 9.17) is 0 Å². The number of carbonyl (C=O) groups is 1. The number of benzene rings is 2. The van der Waals surface area contributed by atoms with Crippen LogP contribution >= 0.6 is 0 Å². The quantitative estimate of drug-likeness (QED) is 0.649. The summed E-state index contributed by atoms with van der Waals surface area (Å²) in [6, 6.07) is 19.7. The molecule has 1 saturated heterocycles. The number of hydrogen-bond donors (Lipinski definition) is 3. The first kappa shape index (κ1) is 18.3. The molecule has 3 N–H and O–H groups in total. The zero-order valence-corrected chi connectivity index (χ0v) is 15.6. The van der Waals surface area contributed by atoms with Gasteiger partial charge in [-0.05, 0) is 36.1 Å². The fraction of sp³-hybridized carbons (Fsp3) is 0.273. The summed E-state index contributed by atoms with van der Waals surface area (Å²) < 4.78 is 0. The number of amides is 2. The van der Waals surface area contributed by atoms with Gasteiger partial charge in [0.1, 0.15) is 0 Å². The average Bonchev–Trinajstić information content (AvgIpc) is 3.29. The maximum absolute atomic E-state index is 12.8. The number of hydrogen-bond acceptors (Lipinski definition) is 3. The van der Waals surface area contributed by atoms with Gasteiger partial charge in [-0.3, -0.25) is 5.10 Å². The molecule has 6 nitrogen and oxygen atoms in total. The summed E-state index contributed by atoms with van der Waals surface area (Å²) in [6.07, 6.45) is 2.54. The summed E-state index contributed by atoms with van der Waals surface area (Å²) in [6.45, 7) is 1.28. The molecule has 2 aromatic carbocycles. The van der Waals surface area contributed by atoms with Crippen LogP contribution in [0, 0.1) is 5.92 Å². The van der Waals surface area contributed by atoms with Crippen LogP contribution in [0.4, 0.5) is 10.5 Å². The minimum atomic E-state index is -0.133. The van der Waals surface area contributed by atoms with Gasteiger partial charge < -0.3 is 15.3 Å². The molecule has 1 aliphatic rings. The first-order valence-electron chi connectivity index (χ1n) is 9.56. The molecular formula is C22H24N4O2. The highest BCUT2D eigenvalue weighted by Gasteiger charge is 2.32. The second kappa shape index (κ2) is 8.27. The fourth-order valence-electron chi connectivity index (χ4n) is 3.92. The highest BCUT2D eigenvalue weighted by molar-refractivity contribution is 5.90. The molecule has 2 amide bonds. The number of urea groups is 1. The number of rotatable bonds is 4. The van der Waals surface area contributed by atoms with Crippen molar-refractivity contribution in [3.05, 3.63) is 72.4 Å². The minimum Gasteiger partial charge on any atom is -0.396 e. The van der Waals surface area contributed by atoms with Gasteiger partial charge >= 0.3 is 6.03 Å². The monoisotopic (exact) mass is 376 g/mol. The standard InChI is InChI=1S/C22H24N4O2/c27-15-18-14-26(12-10-20(18)16-5-2-1-3-6-16)22(28)24-19-8-4-7-17(13-19)21-9-11-23-25-21/h1-9,11,13,18,20,27H,10,12,14-15H2,(H,23,25)(H,24,28)/t18-,20+/m1/s1. The Morgan fingerprint density at radius 3 is 2.79 bits per heavy atom. The summed E-state index contributed by atoms with van der Waals surface area (Å²) in [5, 5.41) is 19.8. The number of likely N-dealkylation sites (tertiary alicyclic amines) is 1. The van der Waals surface area contributed by atoms with Gasteiger partial charge in [-0.2, -0.15) is 5.10 Å².